The van der Waals surface area contributed by atoms with E-state index < -0.39 is 15.9 Å². The van der Waals surface area contributed by atoms with Gasteiger partial charge >= 0.3 is 0 Å². The van der Waals surface area contributed by atoms with E-state index in [9.17, 15) is 17.6 Å². The Balaban J connectivity index is 1.45. The van der Waals surface area contributed by atoms with Gasteiger partial charge in [0.15, 0.2) is 9.84 Å². The Morgan fingerprint density at radius 3 is 2.70 bits per heavy atom. The summed E-state index contributed by atoms with van der Waals surface area (Å²) in [5, 5.41) is 2.86. The minimum Gasteiger partial charge on any atom is -0.484 e. The van der Waals surface area contributed by atoms with Gasteiger partial charge < -0.3 is 10.1 Å². The SMILES string of the molecule is O=C(CN1Cc2ccccc2OC(c2ccccc2F)C1)NCC1CCS(=O)(=O)C1. The van der Waals surface area contributed by atoms with Crippen molar-refractivity contribution in [1.82, 2.24) is 10.2 Å². The van der Waals surface area contributed by atoms with E-state index in [2.05, 4.69) is 5.32 Å². The van der Waals surface area contributed by atoms with Crippen molar-refractivity contribution in [1.29, 1.82) is 0 Å². The number of halogens is 1. The topological polar surface area (TPSA) is 75.7 Å². The summed E-state index contributed by atoms with van der Waals surface area (Å²) in [6, 6.07) is 14.1. The fraction of sp³-hybridized carbons (Fsp3) is 0.409. The van der Waals surface area contributed by atoms with E-state index >= 15 is 0 Å². The number of carbonyl (C=O) groups is 1. The van der Waals surface area contributed by atoms with Gasteiger partial charge in [-0.05, 0) is 24.5 Å². The molecule has 0 bridgehead atoms. The number of sulfone groups is 1. The number of amides is 1. The summed E-state index contributed by atoms with van der Waals surface area (Å²) in [5.41, 5.74) is 1.39. The van der Waals surface area contributed by atoms with Gasteiger partial charge in [-0.25, -0.2) is 12.8 Å². The molecule has 160 valence electrons. The second-order valence-corrected chi connectivity index (χ2v) is 10.2. The number of rotatable bonds is 5. The Bertz CT molecular complexity index is 1030. The van der Waals surface area contributed by atoms with Gasteiger partial charge in [0.1, 0.15) is 17.7 Å². The van der Waals surface area contributed by atoms with Gasteiger partial charge in [-0.3, -0.25) is 9.69 Å². The van der Waals surface area contributed by atoms with Crippen LogP contribution in [0.2, 0.25) is 0 Å². The molecular formula is C22H25FN2O4S. The fourth-order valence-electron chi connectivity index (χ4n) is 4.05. The lowest BCUT2D eigenvalue weighted by Crippen LogP contribution is -2.40. The maximum Gasteiger partial charge on any atom is 0.234 e. The Morgan fingerprint density at radius 2 is 1.93 bits per heavy atom. The van der Waals surface area contributed by atoms with E-state index in [-0.39, 0.29) is 35.7 Å². The van der Waals surface area contributed by atoms with Crippen LogP contribution in [0.1, 0.15) is 23.7 Å². The lowest BCUT2D eigenvalue weighted by Gasteiger charge is -2.24. The van der Waals surface area contributed by atoms with Crippen LogP contribution >= 0.6 is 0 Å². The zero-order valence-electron chi connectivity index (χ0n) is 16.6. The first kappa shape index (κ1) is 20.8. The standard InChI is InChI=1S/C22H25FN2O4S/c23-19-7-3-2-6-18(19)21-13-25(12-17-5-1-4-8-20(17)29-21)14-22(26)24-11-16-9-10-30(27,28)15-16/h1-8,16,21H,9-15H2,(H,24,26). The Kier molecular flexibility index (Phi) is 6.06. The number of carbonyl (C=O) groups excluding carboxylic acids is 1. The zero-order valence-corrected chi connectivity index (χ0v) is 17.4. The molecule has 2 aliphatic heterocycles. The number of fused-ring (bicyclic) bond motifs is 1. The first-order valence-electron chi connectivity index (χ1n) is 10.1. The van der Waals surface area contributed by atoms with Gasteiger partial charge in [0.05, 0.1) is 18.1 Å². The van der Waals surface area contributed by atoms with Crippen molar-refractivity contribution in [3.63, 3.8) is 0 Å². The van der Waals surface area contributed by atoms with E-state index in [0.29, 0.717) is 37.4 Å². The second kappa shape index (κ2) is 8.73. The van der Waals surface area contributed by atoms with Gasteiger partial charge in [-0.15, -0.1) is 0 Å². The van der Waals surface area contributed by atoms with Crippen molar-refractivity contribution < 1.29 is 22.3 Å². The van der Waals surface area contributed by atoms with Crippen LogP contribution in [0.25, 0.3) is 0 Å². The molecule has 0 spiro atoms. The van der Waals surface area contributed by atoms with Crippen molar-refractivity contribution in [2.45, 2.75) is 19.1 Å². The molecule has 1 saturated heterocycles. The molecule has 2 aliphatic rings. The number of para-hydroxylation sites is 1. The van der Waals surface area contributed by atoms with Crippen molar-refractivity contribution in [2.75, 3.05) is 31.1 Å². The number of nitrogens with one attached hydrogen (secondary N) is 1. The van der Waals surface area contributed by atoms with Crippen LogP contribution in [0.15, 0.2) is 48.5 Å². The van der Waals surface area contributed by atoms with Crippen LogP contribution in [0, 0.1) is 11.7 Å². The lowest BCUT2D eigenvalue weighted by atomic mass is 10.1. The molecule has 2 aromatic carbocycles. The zero-order chi connectivity index (χ0) is 21.1. The molecule has 0 aliphatic carbocycles. The first-order valence-corrected chi connectivity index (χ1v) is 11.9. The van der Waals surface area contributed by atoms with Crippen LogP contribution in [-0.2, 0) is 21.2 Å². The van der Waals surface area contributed by atoms with E-state index in [4.69, 9.17) is 4.74 Å². The van der Waals surface area contributed by atoms with Gasteiger partial charge in [0.2, 0.25) is 5.91 Å². The van der Waals surface area contributed by atoms with Gasteiger partial charge in [-0.2, -0.15) is 0 Å². The third-order valence-electron chi connectivity index (χ3n) is 5.59. The quantitative estimate of drug-likeness (QED) is 0.785. The van der Waals surface area contributed by atoms with Crippen molar-refractivity contribution in [2.24, 2.45) is 5.92 Å². The highest BCUT2D eigenvalue weighted by Crippen LogP contribution is 2.31. The fourth-order valence-corrected chi connectivity index (χ4v) is 5.91. The van der Waals surface area contributed by atoms with Crippen molar-refractivity contribution >= 4 is 15.7 Å². The van der Waals surface area contributed by atoms with Crippen molar-refractivity contribution in [3.8, 4) is 5.75 Å². The van der Waals surface area contributed by atoms with Gasteiger partial charge in [0, 0.05) is 30.8 Å². The molecule has 6 nitrogen and oxygen atoms in total. The van der Waals surface area contributed by atoms with E-state index in [0.717, 1.165) is 5.56 Å². The number of hydrogen-bond acceptors (Lipinski definition) is 5. The Morgan fingerprint density at radius 1 is 1.17 bits per heavy atom. The van der Waals surface area contributed by atoms with Crippen LogP contribution in [-0.4, -0.2) is 50.4 Å². The first-order chi connectivity index (χ1) is 14.4. The maximum absolute atomic E-state index is 14.4. The highest BCUT2D eigenvalue weighted by molar-refractivity contribution is 7.91. The lowest BCUT2D eigenvalue weighted by molar-refractivity contribution is -0.122. The van der Waals surface area contributed by atoms with Crippen LogP contribution in [0.5, 0.6) is 5.75 Å². The molecule has 0 saturated carbocycles. The predicted octanol–water partition coefficient (Wildman–Crippen LogP) is 2.31. The summed E-state index contributed by atoms with van der Waals surface area (Å²) in [6.07, 6.45) is 0.0470. The molecule has 2 unspecified atom stereocenters. The molecule has 2 heterocycles. The van der Waals surface area contributed by atoms with Crippen LogP contribution in [0.3, 0.4) is 0 Å². The van der Waals surface area contributed by atoms with E-state index in [1.807, 2.05) is 29.2 Å². The van der Waals surface area contributed by atoms with Crippen LogP contribution in [0.4, 0.5) is 4.39 Å². The molecular weight excluding hydrogens is 407 g/mol. The summed E-state index contributed by atoms with van der Waals surface area (Å²) in [6.45, 7) is 1.35. The number of benzene rings is 2. The van der Waals surface area contributed by atoms with Gasteiger partial charge in [-0.1, -0.05) is 36.4 Å². The van der Waals surface area contributed by atoms with E-state index in [1.54, 1.807) is 18.2 Å². The average molecular weight is 433 g/mol. The number of nitrogens with zero attached hydrogens (tertiary/aromatic N) is 1. The molecule has 2 aromatic rings. The normalized spacial score (nSPS) is 23.2. The third kappa shape index (κ3) is 4.99. The summed E-state index contributed by atoms with van der Waals surface area (Å²) in [5.74, 6) is 0.467. The minimum atomic E-state index is -2.96. The molecule has 0 aromatic heterocycles. The van der Waals surface area contributed by atoms with Crippen LogP contribution < -0.4 is 10.1 Å². The summed E-state index contributed by atoms with van der Waals surface area (Å²) < 4.78 is 43.7. The molecule has 1 N–H and O–H groups in total. The van der Waals surface area contributed by atoms with E-state index in [1.165, 1.54) is 6.07 Å². The summed E-state index contributed by atoms with van der Waals surface area (Å²) in [4.78, 5) is 14.5. The predicted molar refractivity (Wildman–Crippen MR) is 111 cm³/mol. The second-order valence-electron chi connectivity index (χ2n) is 7.98. The largest absolute Gasteiger partial charge is 0.484 e. The molecule has 8 heteroatoms. The molecule has 4 rings (SSSR count). The third-order valence-corrected chi connectivity index (χ3v) is 7.43. The average Bonchev–Trinajstić information content (AvgIpc) is 2.95. The minimum absolute atomic E-state index is 0.0293. The van der Waals surface area contributed by atoms with Gasteiger partial charge in [0.25, 0.3) is 0 Å². The maximum atomic E-state index is 14.4. The Labute approximate surface area is 176 Å². The summed E-state index contributed by atoms with van der Waals surface area (Å²) >= 11 is 0. The highest BCUT2D eigenvalue weighted by Gasteiger charge is 2.29. The number of hydrogen-bond donors (Lipinski definition) is 1. The molecule has 0 radical (unpaired) electrons. The molecule has 1 amide bonds. The molecule has 2 atom stereocenters. The number of ether oxygens (including phenoxy) is 1. The van der Waals surface area contributed by atoms with Crippen molar-refractivity contribution in [3.05, 3.63) is 65.5 Å². The molecule has 1 fully saturated rings. The highest BCUT2D eigenvalue weighted by atomic mass is 32.2. The summed E-state index contributed by atoms with van der Waals surface area (Å²) in [7, 11) is -2.96. The Hall–Kier alpha value is -2.45. The smallest absolute Gasteiger partial charge is 0.234 e. The molecule has 30 heavy (non-hydrogen) atoms. The monoisotopic (exact) mass is 432 g/mol.